The summed E-state index contributed by atoms with van der Waals surface area (Å²) in [5, 5.41) is 12.3. The Morgan fingerprint density at radius 2 is 2.00 bits per heavy atom. The second kappa shape index (κ2) is 4.68. The zero-order valence-corrected chi connectivity index (χ0v) is 10.4. The average Bonchev–Trinajstić information content (AvgIpc) is 2.78. The van der Waals surface area contributed by atoms with Crippen LogP contribution in [0.3, 0.4) is 0 Å². The van der Waals surface area contributed by atoms with Gasteiger partial charge < -0.3 is 16.2 Å². The zero-order valence-electron chi connectivity index (χ0n) is 9.54. The van der Waals surface area contributed by atoms with Crippen LogP contribution in [0.15, 0.2) is 0 Å². The van der Waals surface area contributed by atoms with Gasteiger partial charge in [0.15, 0.2) is 0 Å². The molecule has 0 spiro atoms. The van der Waals surface area contributed by atoms with E-state index in [4.69, 9.17) is 5.73 Å². The third-order valence-electron chi connectivity index (χ3n) is 2.70. The van der Waals surface area contributed by atoms with Gasteiger partial charge in [-0.05, 0) is 18.3 Å². The Morgan fingerprint density at radius 3 is 2.33 bits per heavy atom. The Balaban J connectivity index is 0.00000196. The molecule has 0 aromatic heterocycles. The lowest BCUT2D eigenvalue weighted by molar-refractivity contribution is -0.124. The van der Waals surface area contributed by atoms with E-state index >= 15 is 0 Å². The van der Waals surface area contributed by atoms with Crippen LogP contribution in [-0.2, 0) is 4.79 Å². The summed E-state index contributed by atoms with van der Waals surface area (Å²) in [5.41, 5.74) is 4.84. The predicted molar refractivity (Wildman–Crippen MR) is 61.9 cm³/mol. The number of aliphatic hydroxyl groups excluding tert-OH is 1. The number of carbonyl (C=O) groups is 1. The molecular formula is C10H21ClN2O2. The van der Waals surface area contributed by atoms with Gasteiger partial charge in [0, 0.05) is 6.54 Å². The monoisotopic (exact) mass is 236 g/mol. The SMILES string of the molecule is CC(C)(C)C(O)CNC(=O)C1(N)CC1.Cl. The first-order chi connectivity index (χ1) is 6.26. The van der Waals surface area contributed by atoms with Crippen LogP contribution >= 0.6 is 12.4 Å². The second-order valence-corrected chi connectivity index (χ2v) is 5.25. The molecule has 90 valence electrons. The van der Waals surface area contributed by atoms with Crippen molar-refractivity contribution in [1.82, 2.24) is 5.32 Å². The molecule has 0 aliphatic heterocycles. The van der Waals surface area contributed by atoms with Gasteiger partial charge in [-0.1, -0.05) is 20.8 Å². The van der Waals surface area contributed by atoms with Crippen molar-refractivity contribution in [3.8, 4) is 0 Å². The third kappa shape index (κ3) is 3.97. The van der Waals surface area contributed by atoms with Crippen molar-refractivity contribution in [3.05, 3.63) is 0 Å². The Kier molecular flexibility index (Phi) is 4.58. The van der Waals surface area contributed by atoms with Gasteiger partial charge in [0.2, 0.25) is 5.91 Å². The maximum Gasteiger partial charge on any atom is 0.240 e. The van der Waals surface area contributed by atoms with Gasteiger partial charge in [-0.25, -0.2) is 0 Å². The zero-order chi connectivity index (χ0) is 11.0. The van der Waals surface area contributed by atoms with Gasteiger partial charge in [0.1, 0.15) is 0 Å². The Morgan fingerprint density at radius 1 is 1.53 bits per heavy atom. The van der Waals surface area contributed by atoms with Crippen LogP contribution in [0.5, 0.6) is 0 Å². The molecule has 1 unspecified atom stereocenters. The molecule has 1 aliphatic rings. The minimum Gasteiger partial charge on any atom is -0.391 e. The van der Waals surface area contributed by atoms with Crippen molar-refractivity contribution in [1.29, 1.82) is 0 Å². The number of hydrogen-bond donors (Lipinski definition) is 3. The number of rotatable bonds is 3. The van der Waals surface area contributed by atoms with E-state index in [0.29, 0.717) is 0 Å². The maximum absolute atomic E-state index is 11.4. The quantitative estimate of drug-likeness (QED) is 0.665. The van der Waals surface area contributed by atoms with E-state index in [1.165, 1.54) is 0 Å². The van der Waals surface area contributed by atoms with E-state index < -0.39 is 11.6 Å². The first-order valence-electron chi connectivity index (χ1n) is 5.01. The second-order valence-electron chi connectivity index (χ2n) is 5.25. The fourth-order valence-electron chi connectivity index (χ4n) is 1.03. The van der Waals surface area contributed by atoms with Gasteiger partial charge in [-0.3, -0.25) is 4.79 Å². The highest BCUT2D eigenvalue weighted by Crippen LogP contribution is 2.32. The molecule has 4 nitrogen and oxygen atoms in total. The molecular weight excluding hydrogens is 216 g/mol. The topological polar surface area (TPSA) is 75.3 Å². The molecule has 1 fully saturated rings. The number of nitrogens with one attached hydrogen (secondary N) is 1. The summed E-state index contributed by atoms with van der Waals surface area (Å²) in [5.74, 6) is -0.138. The smallest absolute Gasteiger partial charge is 0.240 e. The standard InChI is InChI=1S/C10H20N2O2.ClH/c1-9(2,3)7(13)6-12-8(14)10(11)4-5-10;/h7,13H,4-6,11H2,1-3H3,(H,12,14);1H. The van der Waals surface area contributed by atoms with Crippen molar-refractivity contribution in [2.24, 2.45) is 11.1 Å². The largest absolute Gasteiger partial charge is 0.391 e. The van der Waals surface area contributed by atoms with Crippen LogP contribution in [-0.4, -0.2) is 29.2 Å². The van der Waals surface area contributed by atoms with E-state index in [1.54, 1.807) is 0 Å². The van der Waals surface area contributed by atoms with E-state index in [9.17, 15) is 9.90 Å². The fraction of sp³-hybridized carbons (Fsp3) is 0.900. The average molecular weight is 237 g/mol. The van der Waals surface area contributed by atoms with Crippen LogP contribution < -0.4 is 11.1 Å². The van der Waals surface area contributed by atoms with Crippen molar-refractivity contribution >= 4 is 18.3 Å². The van der Waals surface area contributed by atoms with E-state index in [0.717, 1.165) is 12.8 Å². The lowest BCUT2D eigenvalue weighted by Crippen LogP contribution is -2.47. The van der Waals surface area contributed by atoms with Crippen molar-refractivity contribution in [3.63, 3.8) is 0 Å². The number of aliphatic hydroxyl groups is 1. The number of carbonyl (C=O) groups excluding carboxylic acids is 1. The van der Waals surface area contributed by atoms with Gasteiger partial charge >= 0.3 is 0 Å². The summed E-state index contributed by atoms with van der Waals surface area (Å²) < 4.78 is 0. The Bertz CT molecular complexity index is 234. The summed E-state index contributed by atoms with van der Waals surface area (Å²) in [6.07, 6.45) is 0.975. The maximum atomic E-state index is 11.4. The normalized spacial score (nSPS) is 20.1. The van der Waals surface area contributed by atoms with Gasteiger partial charge in [0.05, 0.1) is 11.6 Å². The highest BCUT2D eigenvalue weighted by molar-refractivity contribution is 5.88. The predicted octanol–water partition coefficient (Wildman–Crippen LogP) is 0.423. The molecule has 1 rings (SSSR count). The number of amides is 1. The minimum atomic E-state index is -0.641. The van der Waals surface area contributed by atoms with Crippen molar-refractivity contribution in [2.75, 3.05) is 6.54 Å². The minimum absolute atomic E-state index is 0. The van der Waals surface area contributed by atoms with Crippen LogP contribution in [0.1, 0.15) is 33.6 Å². The highest BCUT2D eigenvalue weighted by atomic mass is 35.5. The van der Waals surface area contributed by atoms with E-state index in [2.05, 4.69) is 5.32 Å². The van der Waals surface area contributed by atoms with Crippen LogP contribution in [0, 0.1) is 5.41 Å². The first kappa shape index (κ1) is 14.7. The van der Waals surface area contributed by atoms with Crippen molar-refractivity contribution in [2.45, 2.75) is 45.3 Å². The molecule has 1 atom stereocenters. The molecule has 0 saturated heterocycles. The Labute approximate surface area is 97.0 Å². The molecule has 5 heteroatoms. The summed E-state index contributed by atoms with van der Waals surface area (Å²) in [6.45, 7) is 6.07. The van der Waals surface area contributed by atoms with Gasteiger partial charge in [-0.2, -0.15) is 0 Å². The molecule has 0 radical (unpaired) electrons. The summed E-state index contributed by atoms with van der Waals surface area (Å²) >= 11 is 0. The molecule has 0 bridgehead atoms. The molecule has 0 aromatic carbocycles. The number of hydrogen-bond acceptors (Lipinski definition) is 3. The lowest BCUT2D eigenvalue weighted by atomic mass is 9.89. The molecule has 4 N–H and O–H groups in total. The van der Waals surface area contributed by atoms with Gasteiger partial charge in [0.25, 0.3) is 0 Å². The molecule has 1 amide bonds. The molecule has 0 aromatic rings. The third-order valence-corrected chi connectivity index (χ3v) is 2.70. The van der Waals surface area contributed by atoms with E-state index in [-0.39, 0.29) is 30.3 Å². The number of nitrogens with two attached hydrogens (primary N) is 1. The van der Waals surface area contributed by atoms with Crippen LogP contribution in [0.25, 0.3) is 0 Å². The molecule has 1 saturated carbocycles. The lowest BCUT2D eigenvalue weighted by Gasteiger charge is -2.26. The molecule has 0 heterocycles. The highest BCUT2D eigenvalue weighted by Gasteiger charge is 2.46. The van der Waals surface area contributed by atoms with Crippen LogP contribution in [0.4, 0.5) is 0 Å². The Hall–Kier alpha value is -0.320. The molecule has 1 aliphatic carbocycles. The summed E-state index contributed by atoms with van der Waals surface area (Å²) in [6, 6.07) is 0. The number of halogens is 1. The van der Waals surface area contributed by atoms with E-state index in [1.807, 2.05) is 20.8 Å². The summed E-state index contributed by atoms with van der Waals surface area (Å²) in [4.78, 5) is 11.4. The molecule has 15 heavy (non-hydrogen) atoms. The fourth-order valence-corrected chi connectivity index (χ4v) is 1.03. The van der Waals surface area contributed by atoms with Gasteiger partial charge in [-0.15, -0.1) is 12.4 Å². The first-order valence-corrected chi connectivity index (χ1v) is 5.01. The van der Waals surface area contributed by atoms with Crippen molar-refractivity contribution < 1.29 is 9.90 Å². The van der Waals surface area contributed by atoms with Crippen LogP contribution in [0.2, 0.25) is 0 Å². The summed E-state index contributed by atoms with van der Waals surface area (Å²) in [7, 11) is 0.